The summed E-state index contributed by atoms with van der Waals surface area (Å²) in [6.45, 7) is 1.47. The van der Waals surface area contributed by atoms with Gasteiger partial charge in [-0.05, 0) is 49.5 Å². The SMILES string of the molecule is CN(C)Cc1ccc(CNC(=O)NC(c2ccccc2)C2CC2)cc1. The fourth-order valence-electron chi connectivity index (χ4n) is 3.07. The predicted octanol–water partition coefficient (Wildman–Crippen LogP) is 3.70. The van der Waals surface area contributed by atoms with E-state index in [1.807, 2.05) is 18.2 Å². The minimum Gasteiger partial charge on any atom is -0.334 e. The van der Waals surface area contributed by atoms with Gasteiger partial charge in [0.15, 0.2) is 0 Å². The van der Waals surface area contributed by atoms with Crippen molar-refractivity contribution >= 4 is 6.03 Å². The van der Waals surface area contributed by atoms with E-state index in [4.69, 9.17) is 0 Å². The Morgan fingerprint density at radius 3 is 2.28 bits per heavy atom. The quantitative estimate of drug-likeness (QED) is 0.809. The van der Waals surface area contributed by atoms with Crippen LogP contribution in [0.3, 0.4) is 0 Å². The highest BCUT2D eigenvalue weighted by Gasteiger charge is 2.33. The predicted molar refractivity (Wildman–Crippen MR) is 101 cm³/mol. The van der Waals surface area contributed by atoms with Crippen LogP contribution in [0.1, 0.15) is 35.6 Å². The van der Waals surface area contributed by atoms with Crippen LogP contribution in [-0.2, 0) is 13.1 Å². The third-order valence-corrected chi connectivity index (χ3v) is 4.51. The first-order chi connectivity index (χ1) is 12.1. The molecule has 1 atom stereocenters. The Morgan fingerprint density at radius 1 is 1.04 bits per heavy atom. The molecule has 0 heterocycles. The Balaban J connectivity index is 1.52. The van der Waals surface area contributed by atoms with Crippen LogP contribution in [-0.4, -0.2) is 25.0 Å². The average molecular weight is 337 g/mol. The smallest absolute Gasteiger partial charge is 0.315 e. The number of amides is 2. The molecule has 0 bridgehead atoms. The minimum absolute atomic E-state index is 0.0990. The Hall–Kier alpha value is -2.33. The lowest BCUT2D eigenvalue weighted by molar-refractivity contribution is 0.235. The molecule has 0 spiro atoms. The Kier molecular flexibility index (Phi) is 5.71. The molecule has 2 N–H and O–H groups in total. The molecule has 1 unspecified atom stereocenters. The Morgan fingerprint density at radius 2 is 1.68 bits per heavy atom. The Labute approximate surface area is 150 Å². The van der Waals surface area contributed by atoms with Crippen LogP contribution in [0.25, 0.3) is 0 Å². The first kappa shape index (κ1) is 17.5. The molecule has 0 saturated heterocycles. The molecule has 4 heteroatoms. The number of urea groups is 1. The lowest BCUT2D eigenvalue weighted by atomic mass is 10.0. The third-order valence-electron chi connectivity index (χ3n) is 4.51. The molecular formula is C21H27N3O. The topological polar surface area (TPSA) is 44.4 Å². The first-order valence-corrected chi connectivity index (χ1v) is 8.93. The number of carbonyl (C=O) groups is 1. The fourth-order valence-corrected chi connectivity index (χ4v) is 3.07. The van der Waals surface area contributed by atoms with Crippen LogP contribution < -0.4 is 10.6 Å². The molecule has 2 amide bonds. The molecular weight excluding hydrogens is 310 g/mol. The molecule has 0 radical (unpaired) electrons. The van der Waals surface area contributed by atoms with Crippen LogP contribution in [0, 0.1) is 5.92 Å². The number of benzene rings is 2. The van der Waals surface area contributed by atoms with E-state index in [2.05, 4.69) is 66.0 Å². The molecule has 2 aromatic carbocycles. The summed E-state index contributed by atoms with van der Waals surface area (Å²) in [7, 11) is 4.12. The number of nitrogens with one attached hydrogen (secondary N) is 2. The van der Waals surface area contributed by atoms with Crippen LogP contribution in [0.2, 0.25) is 0 Å². The van der Waals surface area contributed by atoms with E-state index in [9.17, 15) is 4.79 Å². The van der Waals surface area contributed by atoms with Gasteiger partial charge in [0.05, 0.1) is 6.04 Å². The molecule has 1 aliphatic carbocycles. The summed E-state index contributed by atoms with van der Waals surface area (Å²) >= 11 is 0. The normalized spacial score (nSPS) is 15.0. The van der Waals surface area contributed by atoms with Crippen LogP contribution in [0.15, 0.2) is 54.6 Å². The first-order valence-electron chi connectivity index (χ1n) is 8.93. The van der Waals surface area contributed by atoms with E-state index < -0.39 is 0 Å². The molecule has 0 aliphatic heterocycles. The zero-order chi connectivity index (χ0) is 17.6. The average Bonchev–Trinajstić information content (AvgIpc) is 3.44. The van der Waals surface area contributed by atoms with Crippen molar-refractivity contribution in [2.75, 3.05) is 14.1 Å². The standard InChI is InChI=1S/C21H27N3O/c1-24(2)15-17-10-8-16(9-11-17)14-22-21(25)23-20(19-12-13-19)18-6-4-3-5-7-18/h3-11,19-20H,12-15H2,1-2H3,(H2,22,23,25). The number of hydrogen-bond donors (Lipinski definition) is 2. The summed E-state index contributed by atoms with van der Waals surface area (Å²) in [6.07, 6.45) is 2.38. The van der Waals surface area contributed by atoms with Crippen molar-refractivity contribution in [3.05, 3.63) is 71.3 Å². The van der Waals surface area contributed by atoms with Crippen LogP contribution in [0.4, 0.5) is 4.79 Å². The van der Waals surface area contributed by atoms with Gasteiger partial charge in [-0.2, -0.15) is 0 Å². The summed E-state index contributed by atoms with van der Waals surface area (Å²) in [5.74, 6) is 0.568. The number of hydrogen-bond acceptors (Lipinski definition) is 2. The van der Waals surface area contributed by atoms with Gasteiger partial charge in [0.25, 0.3) is 0 Å². The zero-order valence-electron chi connectivity index (χ0n) is 15.0. The van der Waals surface area contributed by atoms with E-state index >= 15 is 0 Å². The van der Waals surface area contributed by atoms with E-state index in [0.29, 0.717) is 12.5 Å². The van der Waals surface area contributed by atoms with Gasteiger partial charge in [0.2, 0.25) is 0 Å². The van der Waals surface area contributed by atoms with E-state index in [-0.39, 0.29) is 12.1 Å². The molecule has 1 fully saturated rings. The van der Waals surface area contributed by atoms with Crippen molar-refractivity contribution in [2.24, 2.45) is 5.92 Å². The van der Waals surface area contributed by atoms with Crippen molar-refractivity contribution in [1.82, 2.24) is 15.5 Å². The van der Waals surface area contributed by atoms with Crippen molar-refractivity contribution in [3.8, 4) is 0 Å². The zero-order valence-corrected chi connectivity index (χ0v) is 15.0. The highest BCUT2D eigenvalue weighted by atomic mass is 16.2. The maximum absolute atomic E-state index is 12.3. The second kappa shape index (κ2) is 8.17. The van der Waals surface area contributed by atoms with E-state index in [1.165, 1.54) is 24.0 Å². The number of carbonyl (C=O) groups excluding carboxylic acids is 1. The van der Waals surface area contributed by atoms with Gasteiger partial charge in [0.1, 0.15) is 0 Å². The van der Waals surface area contributed by atoms with Gasteiger partial charge in [-0.15, -0.1) is 0 Å². The van der Waals surface area contributed by atoms with Gasteiger partial charge < -0.3 is 15.5 Å². The number of rotatable bonds is 7. The summed E-state index contributed by atoms with van der Waals surface area (Å²) < 4.78 is 0. The molecule has 0 aromatic heterocycles. The van der Waals surface area contributed by atoms with Crippen molar-refractivity contribution in [1.29, 1.82) is 0 Å². The van der Waals surface area contributed by atoms with Gasteiger partial charge in [0, 0.05) is 13.1 Å². The third kappa shape index (κ3) is 5.33. The summed E-state index contributed by atoms with van der Waals surface area (Å²) in [5.41, 5.74) is 3.57. The second-order valence-corrected chi connectivity index (χ2v) is 7.11. The minimum atomic E-state index is -0.0990. The van der Waals surface area contributed by atoms with E-state index in [0.717, 1.165) is 12.1 Å². The number of nitrogens with zero attached hydrogens (tertiary/aromatic N) is 1. The maximum atomic E-state index is 12.3. The van der Waals surface area contributed by atoms with Crippen molar-refractivity contribution in [2.45, 2.75) is 32.0 Å². The summed E-state index contributed by atoms with van der Waals surface area (Å²) in [6, 6.07) is 18.6. The second-order valence-electron chi connectivity index (χ2n) is 7.11. The molecule has 1 saturated carbocycles. The van der Waals surface area contributed by atoms with Gasteiger partial charge in [-0.1, -0.05) is 54.6 Å². The fraction of sp³-hybridized carbons (Fsp3) is 0.381. The van der Waals surface area contributed by atoms with Crippen molar-refractivity contribution < 1.29 is 4.79 Å². The summed E-state index contributed by atoms with van der Waals surface area (Å²) in [5, 5.41) is 6.13. The monoisotopic (exact) mass is 337 g/mol. The Bertz CT molecular complexity index is 678. The van der Waals surface area contributed by atoms with Gasteiger partial charge >= 0.3 is 6.03 Å². The highest BCUT2D eigenvalue weighted by molar-refractivity contribution is 5.74. The molecule has 25 heavy (non-hydrogen) atoms. The van der Waals surface area contributed by atoms with Gasteiger partial charge in [-0.25, -0.2) is 4.79 Å². The molecule has 3 rings (SSSR count). The molecule has 1 aliphatic rings. The van der Waals surface area contributed by atoms with E-state index in [1.54, 1.807) is 0 Å². The van der Waals surface area contributed by atoms with Gasteiger partial charge in [-0.3, -0.25) is 0 Å². The maximum Gasteiger partial charge on any atom is 0.315 e. The molecule has 4 nitrogen and oxygen atoms in total. The molecule has 132 valence electrons. The van der Waals surface area contributed by atoms with Crippen molar-refractivity contribution in [3.63, 3.8) is 0 Å². The highest BCUT2D eigenvalue weighted by Crippen LogP contribution is 2.40. The lowest BCUT2D eigenvalue weighted by Crippen LogP contribution is -2.38. The lowest BCUT2D eigenvalue weighted by Gasteiger charge is -2.19. The largest absolute Gasteiger partial charge is 0.334 e. The van der Waals surface area contributed by atoms with Crippen LogP contribution in [0.5, 0.6) is 0 Å². The molecule has 2 aromatic rings. The van der Waals surface area contributed by atoms with Crippen LogP contribution >= 0.6 is 0 Å². The summed E-state index contributed by atoms with van der Waals surface area (Å²) in [4.78, 5) is 14.5.